The summed E-state index contributed by atoms with van der Waals surface area (Å²) in [6, 6.07) is 9.05. The number of anilines is 1. The fourth-order valence-corrected chi connectivity index (χ4v) is 0.919. The molecule has 0 aromatic heterocycles. The molecule has 4 nitrogen and oxygen atoms in total. The lowest BCUT2D eigenvalue weighted by Gasteiger charge is -2.03. The van der Waals surface area contributed by atoms with Gasteiger partial charge in [-0.1, -0.05) is 18.2 Å². The number of nitrogens with one attached hydrogen (secondary N) is 1. The molecule has 0 bridgehead atoms. The molecule has 1 aromatic rings. The van der Waals surface area contributed by atoms with E-state index in [-0.39, 0.29) is 5.91 Å². The molecule has 0 saturated heterocycles. The number of hydrogen-bond acceptors (Lipinski definition) is 3. The van der Waals surface area contributed by atoms with E-state index < -0.39 is 0 Å². The number of benzene rings is 1. The van der Waals surface area contributed by atoms with Gasteiger partial charge in [0.2, 0.25) is 0 Å². The normalized spacial score (nSPS) is 10.3. The number of ether oxygens (including phenoxy) is 1. The summed E-state index contributed by atoms with van der Waals surface area (Å²) in [5.74, 6) is -0.295. The number of hydrogen-bond donors (Lipinski definition) is 1. The van der Waals surface area contributed by atoms with Gasteiger partial charge in [0.15, 0.2) is 0 Å². The summed E-state index contributed by atoms with van der Waals surface area (Å²) in [7, 11) is 0. The molecule has 0 aliphatic carbocycles. The molecular weight excluding hydrogens is 192 g/mol. The van der Waals surface area contributed by atoms with Crippen molar-refractivity contribution in [3.05, 3.63) is 42.2 Å². The van der Waals surface area contributed by atoms with Crippen molar-refractivity contribution >= 4 is 11.6 Å². The molecule has 0 saturated carbocycles. The van der Waals surface area contributed by atoms with Crippen LogP contribution in [0.25, 0.3) is 0 Å². The zero-order valence-corrected chi connectivity index (χ0v) is 8.23. The van der Waals surface area contributed by atoms with Crippen LogP contribution in [-0.4, -0.2) is 5.91 Å². The summed E-state index contributed by atoms with van der Waals surface area (Å²) >= 11 is 0. The SMILES string of the molecule is C/C(=C/OC#N)C(=O)Nc1ccccc1. The van der Waals surface area contributed by atoms with Gasteiger partial charge in [-0.05, 0) is 19.1 Å². The van der Waals surface area contributed by atoms with E-state index in [1.165, 1.54) is 6.26 Å². The Balaban J connectivity index is 2.61. The van der Waals surface area contributed by atoms with E-state index in [0.29, 0.717) is 11.3 Å². The first-order valence-corrected chi connectivity index (χ1v) is 4.32. The number of carbonyl (C=O) groups is 1. The molecule has 1 rings (SSSR count). The second-order valence-corrected chi connectivity index (χ2v) is 2.83. The average molecular weight is 202 g/mol. The quantitative estimate of drug-likeness (QED) is 0.463. The number of nitrogens with zero attached hydrogens (tertiary/aromatic N) is 1. The van der Waals surface area contributed by atoms with Gasteiger partial charge in [-0.25, -0.2) is 0 Å². The lowest BCUT2D eigenvalue weighted by atomic mass is 10.3. The number of carbonyl (C=O) groups excluding carboxylic acids is 1. The maximum Gasteiger partial charge on any atom is 0.291 e. The van der Waals surface area contributed by atoms with E-state index in [2.05, 4.69) is 10.1 Å². The summed E-state index contributed by atoms with van der Waals surface area (Å²) in [4.78, 5) is 11.4. The highest BCUT2D eigenvalue weighted by atomic mass is 16.5. The Morgan fingerprint density at radius 1 is 1.47 bits per heavy atom. The van der Waals surface area contributed by atoms with Crippen LogP contribution in [0.5, 0.6) is 0 Å². The van der Waals surface area contributed by atoms with Gasteiger partial charge in [-0.3, -0.25) is 4.79 Å². The van der Waals surface area contributed by atoms with Crippen LogP contribution in [0, 0.1) is 11.5 Å². The van der Waals surface area contributed by atoms with Crippen molar-refractivity contribution in [3.8, 4) is 6.26 Å². The number of para-hydroxylation sites is 1. The van der Waals surface area contributed by atoms with Crippen LogP contribution >= 0.6 is 0 Å². The molecule has 4 heteroatoms. The summed E-state index contributed by atoms with van der Waals surface area (Å²) in [6.07, 6.45) is 2.57. The molecule has 15 heavy (non-hydrogen) atoms. The van der Waals surface area contributed by atoms with E-state index >= 15 is 0 Å². The molecular formula is C11H10N2O2. The van der Waals surface area contributed by atoms with Crippen molar-refractivity contribution < 1.29 is 9.53 Å². The molecule has 0 atom stereocenters. The minimum atomic E-state index is -0.295. The summed E-state index contributed by atoms with van der Waals surface area (Å²) in [5, 5.41) is 10.8. The Bertz CT molecular complexity index is 404. The number of amides is 1. The first-order chi connectivity index (χ1) is 7.24. The number of rotatable bonds is 3. The van der Waals surface area contributed by atoms with Crippen molar-refractivity contribution in [3.63, 3.8) is 0 Å². The Morgan fingerprint density at radius 3 is 2.73 bits per heavy atom. The zero-order chi connectivity index (χ0) is 11.1. The van der Waals surface area contributed by atoms with Crippen LogP contribution in [0.3, 0.4) is 0 Å². The van der Waals surface area contributed by atoms with Crippen molar-refractivity contribution in [1.82, 2.24) is 0 Å². The Morgan fingerprint density at radius 2 is 2.13 bits per heavy atom. The first kappa shape index (κ1) is 10.8. The predicted octanol–water partition coefficient (Wildman–Crippen LogP) is 2.03. The zero-order valence-electron chi connectivity index (χ0n) is 8.23. The highest BCUT2D eigenvalue weighted by molar-refractivity contribution is 6.03. The van der Waals surface area contributed by atoms with Gasteiger partial charge in [0.05, 0.1) is 5.57 Å². The molecule has 0 aliphatic rings. The van der Waals surface area contributed by atoms with Gasteiger partial charge in [0.25, 0.3) is 12.2 Å². The van der Waals surface area contributed by atoms with E-state index in [1.54, 1.807) is 19.1 Å². The molecule has 0 aliphatic heterocycles. The Labute approximate surface area is 87.8 Å². The highest BCUT2D eigenvalue weighted by Gasteiger charge is 2.04. The Hall–Kier alpha value is -2.28. The van der Waals surface area contributed by atoms with E-state index in [9.17, 15) is 4.79 Å². The van der Waals surface area contributed by atoms with Crippen LogP contribution in [-0.2, 0) is 9.53 Å². The molecule has 0 spiro atoms. The maximum atomic E-state index is 11.4. The smallest absolute Gasteiger partial charge is 0.291 e. The third kappa shape index (κ3) is 3.53. The van der Waals surface area contributed by atoms with Crippen molar-refractivity contribution in [2.45, 2.75) is 6.92 Å². The van der Waals surface area contributed by atoms with E-state index in [4.69, 9.17) is 5.26 Å². The van der Waals surface area contributed by atoms with Gasteiger partial charge in [0.1, 0.15) is 6.26 Å². The maximum absolute atomic E-state index is 11.4. The second-order valence-electron chi connectivity index (χ2n) is 2.83. The molecule has 1 aromatic carbocycles. The van der Waals surface area contributed by atoms with Gasteiger partial charge in [-0.2, -0.15) is 0 Å². The van der Waals surface area contributed by atoms with Crippen molar-refractivity contribution in [2.24, 2.45) is 0 Å². The lowest BCUT2D eigenvalue weighted by molar-refractivity contribution is -0.112. The van der Waals surface area contributed by atoms with Crippen LogP contribution in [0.2, 0.25) is 0 Å². The van der Waals surface area contributed by atoms with Gasteiger partial charge in [-0.15, -0.1) is 5.26 Å². The molecule has 0 radical (unpaired) electrons. The van der Waals surface area contributed by atoms with Crippen molar-refractivity contribution in [1.29, 1.82) is 5.26 Å². The van der Waals surface area contributed by atoms with Crippen LogP contribution in [0.4, 0.5) is 5.69 Å². The summed E-state index contributed by atoms with van der Waals surface area (Å²) in [6.45, 7) is 1.57. The molecule has 1 amide bonds. The second kappa shape index (κ2) is 5.45. The Kier molecular flexibility index (Phi) is 3.92. The standard InChI is InChI=1S/C11H10N2O2/c1-9(7-15-8-12)11(14)13-10-5-3-2-4-6-10/h2-7H,1H3,(H,13,14)/b9-7-. The monoisotopic (exact) mass is 202 g/mol. The fraction of sp³-hybridized carbons (Fsp3) is 0.0909. The molecule has 1 N–H and O–H groups in total. The molecule has 0 heterocycles. The van der Waals surface area contributed by atoms with Crippen molar-refractivity contribution in [2.75, 3.05) is 5.32 Å². The van der Waals surface area contributed by atoms with Crippen LogP contribution < -0.4 is 5.32 Å². The molecule has 76 valence electrons. The largest absolute Gasteiger partial charge is 0.396 e. The van der Waals surface area contributed by atoms with Crippen LogP contribution in [0.1, 0.15) is 6.92 Å². The van der Waals surface area contributed by atoms with E-state index in [0.717, 1.165) is 6.26 Å². The van der Waals surface area contributed by atoms with Gasteiger partial charge < -0.3 is 10.1 Å². The third-order valence-corrected chi connectivity index (χ3v) is 1.68. The summed E-state index contributed by atoms with van der Waals surface area (Å²) in [5.41, 5.74) is 1.03. The first-order valence-electron chi connectivity index (χ1n) is 4.32. The fourth-order valence-electron chi connectivity index (χ4n) is 0.919. The minimum absolute atomic E-state index is 0.295. The summed E-state index contributed by atoms with van der Waals surface area (Å²) < 4.78 is 4.34. The van der Waals surface area contributed by atoms with E-state index in [1.807, 2.05) is 18.2 Å². The molecule has 0 unspecified atom stereocenters. The molecule has 0 fully saturated rings. The van der Waals surface area contributed by atoms with Gasteiger partial charge in [0, 0.05) is 5.69 Å². The third-order valence-electron chi connectivity index (χ3n) is 1.68. The topological polar surface area (TPSA) is 62.1 Å². The van der Waals surface area contributed by atoms with Crippen LogP contribution in [0.15, 0.2) is 42.2 Å². The minimum Gasteiger partial charge on any atom is -0.396 e. The average Bonchev–Trinajstić information content (AvgIpc) is 2.27. The number of nitriles is 1. The predicted molar refractivity (Wildman–Crippen MR) is 55.5 cm³/mol. The van der Waals surface area contributed by atoms with Gasteiger partial charge >= 0.3 is 0 Å². The highest BCUT2D eigenvalue weighted by Crippen LogP contribution is 2.07. The lowest BCUT2D eigenvalue weighted by Crippen LogP contribution is -2.12.